The maximum absolute atomic E-state index is 3.66. The Morgan fingerprint density at radius 2 is 1.83 bits per heavy atom. The Bertz CT molecular complexity index is 359. The molecule has 0 spiro atoms. The summed E-state index contributed by atoms with van der Waals surface area (Å²) in [5.41, 5.74) is 1.49. The van der Waals surface area contributed by atoms with Crippen LogP contribution in [0.4, 0.5) is 0 Å². The highest BCUT2D eigenvalue weighted by molar-refractivity contribution is 8.30. The van der Waals surface area contributed by atoms with E-state index in [9.17, 15) is 0 Å². The van der Waals surface area contributed by atoms with Crippen LogP contribution in [0.5, 0.6) is 0 Å². The summed E-state index contributed by atoms with van der Waals surface area (Å²) in [5.74, 6) is 0.757. The quantitative estimate of drug-likeness (QED) is 0.742. The van der Waals surface area contributed by atoms with Crippen LogP contribution < -0.4 is 10.0 Å². The third kappa shape index (κ3) is 4.63. The molecule has 0 unspecified atom stereocenters. The smallest absolute Gasteiger partial charge is 0.0143 e. The van der Waals surface area contributed by atoms with Crippen molar-refractivity contribution < 1.29 is 0 Å². The Morgan fingerprint density at radius 3 is 2.50 bits per heavy atom. The zero-order chi connectivity index (χ0) is 13.0. The first-order chi connectivity index (χ1) is 8.56. The van der Waals surface area contributed by atoms with Crippen LogP contribution in [0.2, 0.25) is 0 Å². The van der Waals surface area contributed by atoms with E-state index in [4.69, 9.17) is 0 Å². The largest absolute Gasteiger partial charge is 0.313 e. The van der Waals surface area contributed by atoms with Crippen LogP contribution in [-0.2, 0) is 0 Å². The summed E-state index contributed by atoms with van der Waals surface area (Å²) < 4.78 is 3.60. The van der Waals surface area contributed by atoms with Gasteiger partial charge >= 0.3 is 0 Å². The molecule has 2 atom stereocenters. The van der Waals surface area contributed by atoms with Crippen molar-refractivity contribution in [2.24, 2.45) is 0 Å². The van der Waals surface area contributed by atoms with E-state index >= 15 is 0 Å². The van der Waals surface area contributed by atoms with E-state index in [-0.39, 0.29) is 0 Å². The Balaban J connectivity index is 1.58. The molecule has 0 saturated heterocycles. The monoisotopic (exact) mass is 266 g/mol. The van der Waals surface area contributed by atoms with Crippen LogP contribution in [0, 0.1) is 0 Å². The standard InChI is InChI=1S/C15H26N2S/c1-18(2,3)17-11-7-10-16-15-12-14(15)13-8-5-4-6-9-13/h4-6,8-9,14-17H,7,10-12H2,1-3H3/t14-,15+/m0/s1. The molecule has 0 radical (unpaired) electrons. The van der Waals surface area contributed by atoms with Gasteiger partial charge in [0.2, 0.25) is 0 Å². The van der Waals surface area contributed by atoms with Crippen LogP contribution in [0.25, 0.3) is 0 Å². The maximum atomic E-state index is 3.66. The second-order valence-electron chi connectivity index (χ2n) is 5.90. The van der Waals surface area contributed by atoms with Gasteiger partial charge in [0.1, 0.15) is 0 Å². The molecular formula is C15H26N2S. The van der Waals surface area contributed by atoms with Gasteiger partial charge in [0, 0.05) is 18.5 Å². The molecule has 3 heteroatoms. The van der Waals surface area contributed by atoms with Crippen LogP contribution in [0.1, 0.15) is 24.3 Å². The molecule has 1 saturated carbocycles. The molecule has 1 aromatic rings. The lowest BCUT2D eigenvalue weighted by atomic mass is 10.1. The van der Waals surface area contributed by atoms with Crippen molar-refractivity contribution in [3.63, 3.8) is 0 Å². The van der Waals surface area contributed by atoms with Crippen molar-refractivity contribution in [1.29, 1.82) is 0 Å². The molecule has 0 aromatic heterocycles. The van der Waals surface area contributed by atoms with Gasteiger partial charge in [-0.15, -0.1) is 0 Å². The molecule has 0 aliphatic heterocycles. The highest BCUT2D eigenvalue weighted by Gasteiger charge is 2.37. The average molecular weight is 266 g/mol. The first kappa shape index (κ1) is 13.9. The predicted molar refractivity (Wildman–Crippen MR) is 83.6 cm³/mol. The van der Waals surface area contributed by atoms with Gasteiger partial charge in [0.25, 0.3) is 0 Å². The molecule has 0 amide bonds. The molecular weight excluding hydrogens is 240 g/mol. The minimum atomic E-state index is -0.541. The molecule has 1 aromatic carbocycles. The molecule has 0 bridgehead atoms. The molecule has 2 rings (SSSR count). The lowest BCUT2D eigenvalue weighted by Gasteiger charge is -2.26. The van der Waals surface area contributed by atoms with Crippen molar-refractivity contribution in [2.45, 2.75) is 24.8 Å². The number of rotatable bonds is 7. The van der Waals surface area contributed by atoms with E-state index in [2.05, 4.69) is 59.1 Å². The third-order valence-corrected chi connectivity index (χ3v) is 4.38. The molecule has 2 N–H and O–H groups in total. The minimum Gasteiger partial charge on any atom is -0.313 e. The van der Waals surface area contributed by atoms with Gasteiger partial charge in [-0.3, -0.25) is 4.72 Å². The van der Waals surface area contributed by atoms with Crippen LogP contribution in [0.15, 0.2) is 30.3 Å². The Morgan fingerprint density at radius 1 is 1.11 bits per heavy atom. The first-order valence-electron chi connectivity index (χ1n) is 6.77. The van der Waals surface area contributed by atoms with Gasteiger partial charge in [-0.1, -0.05) is 30.3 Å². The Labute approximate surface area is 113 Å². The van der Waals surface area contributed by atoms with Gasteiger partial charge in [0.05, 0.1) is 0 Å². The molecule has 0 heterocycles. The van der Waals surface area contributed by atoms with Gasteiger partial charge in [-0.2, -0.15) is 10.2 Å². The second-order valence-corrected chi connectivity index (χ2v) is 9.86. The van der Waals surface area contributed by atoms with Gasteiger partial charge in [-0.25, -0.2) is 0 Å². The van der Waals surface area contributed by atoms with E-state index < -0.39 is 10.2 Å². The molecule has 1 aliphatic rings. The first-order valence-corrected chi connectivity index (χ1v) is 9.63. The highest BCUT2D eigenvalue weighted by atomic mass is 32.3. The fraction of sp³-hybridized carbons (Fsp3) is 0.600. The fourth-order valence-corrected chi connectivity index (χ4v) is 3.00. The van der Waals surface area contributed by atoms with Crippen molar-refractivity contribution >= 4 is 10.2 Å². The summed E-state index contributed by atoms with van der Waals surface area (Å²) in [6.45, 7) is 2.27. The summed E-state index contributed by atoms with van der Waals surface area (Å²) in [7, 11) is -0.541. The summed E-state index contributed by atoms with van der Waals surface area (Å²) in [6, 6.07) is 11.6. The zero-order valence-corrected chi connectivity index (χ0v) is 12.6. The van der Waals surface area contributed by atoms with E-state index in [1.807, 2.05) is 0 Å². The van der Waals surface area contributed by atoms with Crippen LogP contribution in [0.3, 0.4) is 0 Å². The number of benzene rings is 1. The molecule has 2 nitrogen and oxygen atoms in total. The SMILES string of the molecule is CS(C)(C)NCCCN[C@@H]1C[C@H]1c1ccccc1. The minimum absolute atomic E-state index is 0.541. The zero-order valence-electron chi connectivity index (χ0n) is 11.8. The average Bonchev–Trinajstić information content (AvgIpc) is 3.08. The topological polar surface area (TPSA) is 24.1 Å². The van der Waals surface area contributed by atoms with Gasteiger partial charge in [0.15, 0.2) is 0 Å². The van der Waals surface area contributed by atoms with Gasteiger partial charge < -0.3 is 5.32 Å². The van der Waals surface area contributed by atoms with Crippen molar-refractivity contribution in [2.75, 3.05) is 31.9 Å². The molecule has 18 heavy (non-hydrogen) atoms. The molecule has 1 aliphatic carbocycles. The normalized spacial score (nSPS) is 23.9. The fourth-order valence-electron chi connectivity index (χ4n) is 2.24. The summed E-state index contributed by atoms with van der Waals surface area (Å²) in [5, 5.41) is 3.66. The van der Waals surface area contributed by atoms with E-state index in [0.29, 0.717) is 0 Å². The second kappa shape index (κ2) is 6.09. The van der Waals surface area contributed by atoms with Crippen molar-refractivity contribution in [3.05, 3.63) is 35.9 Å². The van der Waals surface area contributed by atoms with Crippen LogP contribution in [-0.4, -0.2) is 37.9 Å². The summed E-state index contributed by atoms with van der Waals surface area (Å²) in [6.07, 6.45) is 9.43. The van der Waals surface area contributed by atoms with Gasteiger partial charge in [-0.05, 0) is 43.7 Å². The lowest BCUT2D eigenvalue weighted by Crippen LogP contribution is -2.25. The third-order valence-electron chi connectivity index (χ3n) is 3.31. The van der Waals surface area contributed by atoms with Crippen LogP contribution >= 0.6 is 10.2 Å². The number of hydrogen-bond donors (Lipinski definition) is 2. The number of hydrogen-bond acceptors (Lipinski definition) is 2. The van der Waals surface area contributed by atoms with Crippen molar-refractivity contribution in [1.82, 2.24) is 10.0 Å². The van der Waals surface area contributed by atoms with E-state index in [1.165, 1.54) is 18.4 Å². The highest BCUT2D eigenvalue weighted by Crippen LogP contribution is 2.40. The summed E-state index contributed by atoms with van der Waals surface area (Å²) >= 11 is 0. The molecule has 102 valence electrons. The Kier molecular flexibility index (Phi) is 4.71. The summed E-state index contributed by atoms with van der Waals surface area (Å²) in [4.78, 5) is 0. The van der Waals surface area contributed by atoms with Crippen molar-refractivity contribution in [3.8, 4) is 0 Å². The maximum Gasteiger partial charge on any atom is 0.0143 e. The van der Waals surface area contributed by atoms with E-state index in [0.717, 1.165) is 25.0 Å². The lowest BCUT2D eigenvalue weighted by molar-refractivity contribution is 0.632. The molecule has 1 fully saturated rings. The predicted octanol–water partition coefficient (Wildman–Crippen LogP) is 2.72. The Hall–Kier alpha value is -0.510. The number of nitrogens with one attached hydrogen (secondary N) is 2. The van der Waals surface area contributed by atoms with E-state index in [1.54, 1.807) is 0 Å².